The van der Waals surface area contributed by atoms with Gasteiger partial charge in [-0.2, -0.15) is 0 Å². The lowest BCUT2D eigenvalue weighted by Gasteiger charge is -2.39. The van der Waals surface area contributed by atoms with Crippen LogP contribution in [0.2, 0.25) is 0 Å². The number of nitrogens with zero attached hydrogens (tertiary/aromatic N) is 3. The lowest BCUT2D eigenvalue weighted by molar-refractivity contribution is 0.00556. The number of hydrogen-bond donors (Lipinski definition) is 1. The summed E-state index contributed by atoms with van der Waals surface area (Å²) < 4.78 is 7.26. The summed E-state index contributed by atoms with van der Waals surface area (Å²) in [6, 6.07) is 20.2. The van der Waals surface area contributed by atoms with E-state index in [1.807, 2.05) is 36.4 Å². The normalized spacial score (nSPS) is 19.4. The zero-order valence-corrected chi connectivity index (χ0v) is 21.0. The highest BCUT2D eigenvalue weighted by Gasteiger charge is 2.43. The van der Waals surface area contributed by atoms with Crippen molar-refractivity contribution in [2.75, 3.05) is 20.6 Å². The number of unbranched alkanes of at least 4 members (excludes halogenated alkanes) is 1. The lowest BCUT2D eigenvalue weighted by Crippen LogP contribution is -2.36. The standard InChI is InChI=1S/C28H28BrN3O2/c1-32(2)13-7-6-12-28(33)21-16-23(18-30-17-21)34-27-24(26(28)19-8-4-3-5-9-19)15-20-14-22(29)10-11-25(20)31-27/h3-5,8-11,14-18,26,33H,6-7,12-13H2,1-2H3. The van der Waals surface area contributed by atoms with E-state index < -0.39 is 5.60 Å². The maximum atomic E-state index is 12.5. The summed E-state index contributed by atoms with van der Waals surface area (Å²) in [7, 11) is 4.15. The Morgan fingerprint density at radius 1 is 1.03 bits per heavy atom. The average Bonchev–Trinajstić information content (AvgIpc) is 2.83. The minimum atomic E-state index is -1.17. The second-order valence-electron chi connectivity index (χ2n) is 9.26. The molecule has 1 N–H and O–H groups in total. The van der Waals surface area contributed by atoms with Crippen LogP contribution in [-0.2, 0) is 5.60 Å². The van der Waals surface area contributed by atoms with Gasteiger partial charge in [-0.05, 0) is 75.8 Å². The Balaban J connectivity index is 1.73. The molecule has 2 atom stereocenters. The molecule has 5 nitrogen and oxygen atoms in total. The SMILES string of the molecule is CN(C)CCCCC1(O)c2cncc(c2)Oc2nc3ccc(Br)cc3cc2C1c1ccccc1. The molecule has 0 saturated heterocycles. The summed E-state index contributed by atoms with van der Waals surface area (Å²) in [5.41, 5.74) is 2.33. The number of aromatic nitrogens is 2. The van der Waals surface area contributed by atoms with Gasteiger partial charge < -0.3 is 14.7 Å². The molecule has 6 heteroatoms. The first-order chi connectivity index (χ1) is 16.4. The van der Waals surface area contributed by atoms with Gasteiger partial charge in [-0.3, -0.25) is 4.98 Å². The Bertz CT molecular complexity index is 1310. The fourth-order valence-electron chi connectivity index (χ4n) is 4.89. The number of hydrogen-bond acceptors (Lipinski definition) is 5. The molecule has 2 aromatic heterocycles. The van der Waals surface area contributed by atoms with Crippen molar-refractivity contribution >= 4 is 26.8 Å². The number of ether oxygens (including phenoxy) is 1. The van der Waals surface area contributed by atoms with E-state index in [0.717, 1.165) is 51.5 Å². The minimum Gasteiger partial charge on any atom is -0.437 e. The van der Waals surface area contributed by atoms with Crippen LogP contribution in [0.5, 0.6) is 11.6 Å². The third kappa shape index (κ3) is 4.45. The number of rotatable bonds is 6. The van der Waals surface area contributed by atoms with Crippen LogP contribution in [0.3, 0.4) is 0 Å². The largest absolute Gasteiger partial charge is 0.437 e. The maximum absolute atomic E-state index is 12.5. The van der Waals surface area contributed by atoms with Crippen molar-refractivity contribution in [2.24, 2.45) is 0 Å². The first-order valence-corrected chi connectivity index (χ1v) is 12.4. The van der Waals surface area contributed by atoms with E-state index in [0.29, 0.717) is 18.1 Å². The van der Waals surface area contributed by atoms with Crippen LogP contribution in [0, 0.1) is 0 Å². The quantitative estimate of drug-likeness (QED) is 0.306. The van der Waals surface area contributed by atoms with Gasteiger partial charge in [-0.25, -0.2) is 4.98 Å². The highest BCUT2D eigenvalue weighted by atomic mass is 79.9. The minimum absolute atomic E-state index is 0.365. The maximum Gasteiger partial charge on any atom is 0.223 e. The summed E-state index contributed by atoms with van der Waals surface area (Å²) in [4.78, 5) is 11.5. The Morgan fingerprint density at radius 2 is 1.85 bits per heavy atom. The van der Waals surface area contributed by atoms with Crippen LogP contribution in [0.15, 0.2) is 77.5 Å². The second-order valence-corrected chi connectivity index (χ2v) is 10.2. The van der Waals surface area contributed by atoms with Crippen LogP contribution in [0.4, 0.5) is 0 Å². The summed E-state index contributed by atoms with van der Waals surface area (Å²) in [5, 5.41) is 13.5. The third-order valence-corrected chi connectivity index (χ3v) is 7.03. The topological polar surface area (TPSA) is 58.5 Å². The van der Waals surface area contributed by atoms with Gasteiger partial charge >= 0.3 is 0 Å². The number of halogens is 1. The monoisotopic (exact) mass is 517 g/mol. The molecule has 2 aromatic carbocycles. The summed E-state index contributed by atoms with van der Waals surface area (Å²) >= 11 is 3.58. The molecule has 0 saturated carbocycles. The summed E-state index contributed by atoms with van der Waals surface area (Å²) in [6.07, 6.45) is 5.92. The Morgan fingerprint density at radius 3 is 2.65 bits per heavy atom. The van der Waals surface area contributed by atoms with Crippen LogP contribution in [-0.4, -0.2) is 40.6 Å². The van der Waals surface area contributed by atoms with Gasteiger partial charge in [0.15, 0.2) is 0 Å². The fourth-order valence-corrected chi connectivity index (χ4v) is 5.27. The van der Waals surface area contributed by atoms with E-state index in [1.54, 1.807) is 12.4 Å². The molecule has 174 valence electrons. The van der Waals surface area contributed by atoms with Gasteiger partial charge in [0, 0.05) is 33.1 Å². The molecule has 4 aromatic rings. The molecule has 0 amide bonds. The molecule has 2 unspecified atom stereocenters. The van der Waals surface area contributed by atoms with Gasteiger partial charge in [0.25, 0.3) is 0 Å². The summed E-state index contributed by atoms with van der Waals surface area (Å²) in [6.45, 7) is 0.976. The van der Waals surface area contributed by atoms with E-state index in [2.05, 4.69) is 64.2 Å². The van der Waals surface area contributed by atoms with Crippen LogP contribution >= 0.6 is 15.9 Å². The van der Waals surface area contributed by atoms with Crippen LogP contribution in [0.1, 0.15) is 41.9 Å². The molecule has 0 aliphatic carbocycles. The number of pyridine rings is 2. The zero-order chi connectivity index (χ0) is 23.7. The van der Waals surface area contributed by atoms with Crippen molar-refractivity contribution in [1.29, 1.82) is 0 Å². The first-order valence-electron chi connectivity index (χ1n) is 11.6. The molecule has 0 radical (unpaired) electrons. The molecular formula is C28H28BrN3O2. The fraction of sp³-hybridized carbons (Fsp3) is 0.286. The second kappa shape index (κ2) is 9.45. The van der Waals surface area contributed by atoms with Gasteiger partial charge in [0.05, 0.1) is 11.7 Å². The molecular weight excluding hydrogens is 490 g/mol. The Labute approximate surface area is 208 Å². The first kappa shape index (κ1) is 23.0. The highest BCUT2D eigenvalue weighted by Crippen LogP contribution is 2.50. The van der Waals surface area contributed by atoms with E-state index >= 15 is 0 Å². The Kier molecular flexibility index (Phi) is 6.38. The predicted molar refractivity (Wildman–Crippen MR) is 138 cm³/mol. The number of aliphatic hydroxyl groups is 1. The van der Waals surface area contributed by atoms with E-state index in [9.17, 15) is 5.11 Å². The highest BCUT2D eigenvalue weighted by molar-refractivity contribution is 9.10. The summed E-state index contributed by atoms with van der Waals surface area (Å²) in [5.74, 6) is 0.728. The van der Waals surface area contributed by atoms with Crippen molar-refractivity contribution in [1.82, 2.24) is 14.9 Å². The smallest absolute Gasteiger partial charge is 0.223 e. The predicted octanol–water partition coefficient (Wildman–Crippen LogP) is 6.25. The van der Waals surface area contributed by atoms with Crippen molar-refractivity contribution in [3.05, 3.63) is 94.2 Å². The molecule has 0 fully saturated rings. The lowest BCUT2D eigenvalue weighted by atomic mass is 9.71. The van der Waals surface area contributed by atoms with Crippen molar-refractivity contribution in [3.63, 3.8) is 0 Å². The molecule has 2 bridgehead atoms. The van der Waals surface area contributed by atoms with Crippen molar-refractivity contribution in [2.45, 2.75) is 30.8 Å². The third-order valence-electron chi connectivity index (χ3n) is 6.53. The van der Waals surface area contributed by atoms with Gasteiger partial charge in [-0.1, -0.05) is 46.3 Å². The molecule has 1 aliphatic heterocycles. The molecule has 34 heavy (non-hydrogen) atoms. The number of fused-ring (bicyclic) bond motifs is 4. The van der Waals surface area contributed by atoms with Gasteiger partial charge in [-0.15, -0.1) is 0 Å². The van der Waals surface area contributed by atoms with Gasteiger partial charge in [0.1, 0.15) is 11.4 Å². The van der Waals surface area contributed by atoms with Crippen LogP contribution < -0.4 is 4.74 Å². The molecule has 5 rings (SSSR count). The van der Waals surface area contributed by atoms with E-state index in [4.69, 9.17) is 9.72 Å². The van der Waals surface area contributed by atoms with Crippen molar-refractivity contribution in [3.8, 4) is 11.6 Å². The zero-order valence-electron chi connectivity index (χ0n) is 19.4. The van der Waals surface area contributed by atoms with Crippen LogP contribution in [0.25, 0.3) is 10.9 Å². The van der Waals surface area contributed by atoms with Gasteiger partial charge in [0.2, 0.25) is 5.88 Å². The average molecular weight is 518 g/mol. The molecule has 1 aliphatic rings. The van der Waals surface area contributed by atoms with E-state index in [1.165, 1.54) is 0 Å². The number of benzene rings is 2. The van der Waals surface area contributed by atoms with Crippen molar-refractivity contribution < 1.29 is 9.84 Å². The molecule has 0 spiro atoms. The van der Waals surface area contributed by atoms with E-state index in [-0.39, 0.29) is 5.92 Å². The molecule has 3 heterocycles. The Hall–Kier alpha value is -2.80.